The zero-order valence-electron chi connectivity index (χ0n) is 18.6. The highest BCUT2D eigenvalue weighted by Gasteiger charge is 2.28. The molecule has 0 N–H and O–H groups in total. The van der Waals surface area contributed by atoms with Gasteiger partial charge in [-0.1, -0.05) is 97.1 Å². The van der Waals surface area contributed by atoms with Gasteiger partial charge in [-0.15, -0.1) is 0 Å². The molecular formula is C29H26NO2P. The molecule has 0 atom stereocenters. The molecule has 0 saturated heterocycles. The van der Waals surface area contributed by atoms with E-state index in [4.69, 9.17) is 4.74 Å². The van der Waals surface area contributed by atoms with E-state index in [2.05, 4.69) is 108 Å². The summed E-state index contributed by atoms with van der Waals surface area (Å²) in [6.07, 6.45) is 1.01. The van der Waals surface area contributed by atoms with Crippen molar-refractivity contribution in [1.29, 1.82) is 0 Å². The molecular weight excluding hydrogens is 425 g/mol. The number of benzene rings is 4. The lowest BCUT2D eigenvalue weighted by molar-refractivity contribution is -0.142. The predicted octanol–water partition coefficient (Wildman–Crippen LogP) is 5.20. The summed E-state index contributed by atoms with van der Waals surface area (Å²) in [6.45, 7) is 2.65. The van der Waals surface area contributed by atoms with E-state index in [0.717, 1.165) is 18.5 Å². The number of esters is 1. The molecule has 1 heterocycles. The zero-order chi connectivity index (χ0) is 22.6. The number of carbonyl (C=O) groups excluding carboxylic acids is 1. The third-order valence-electron chi connectivity index (χ3n) is 5.96. The van der Waals surface area contributed by atoms with E-state index >= 15 is 0 Å². The second kappa shape index (κ2) is 9.60. The van der Waals surface area contributed by atoms with E-state index in [1.54, 1.807) is 0 Å². The Labute approximate surface area is 196 Å². The Morgan fingerprint density at radius 1 is 0.818 bits per heavy atom. The Hall–Kier alpha value is -3.42. The fourth-order valence-corrected chi connectivity index (χ4v) is 7.02. The lowest BCUT2D eigenvalue weighted by Crippen LogP contribution is -2.28. The van der Waals surface area contributed by atoms with Gasteiger partial charge in [0.25, 0.3) is 0 Å². The van der Waals surface area contributed by atoms with Crippen LogP contribution in [0.4, 0.5) is 11.4 Å². The molecule has 0 amide bonds. The Kier molecular flexibility index (Phi) is 6.24. The van der Waals surface area contributed by atoms with Crippen LogP contribution in [0, 0.1) is 0 Å². The number of hydrogen-bond acceptors (Lipinski definition) is 3. The van der Waals surface area contributed by atoms with Crippen LogP contribution < -0.4 is 20.8 Å². The minimum absolute atomic E-state index is 0.262. The monoisotopic (exact) mass is 451 g/mol. The van der Waals surface area contributed by atoms with Crippen LogP contribution in [0.15, 0.2) is 103 Å². The van der Waals surface area contributed by atoms with E-state index in [9.17, 15) is 4.79 Å². The highest BCUT2D eigenvalue weighted by Crippen LogP contribution is 2.42. The molecule has 1 aliphatic heterocycles. The van der Waals surface area contributed by atoms with Crippen molar-refractivity contribution in [2.24, 2.45) is 0 Å². The first-order chi connectivity index (χ1) is 16.2. The van der Waals surface area contributed by atoms with Crippen molar-refractivity contribution in [1.82, 2.24) is 0 Å². The Morgan fingerprint density at radius 2 is 1.45 bits per heavy atom. The number of nitrogens with zero attached hydrogens (tertiary/aromatic N) is 1. The van der Waals surface area contributed by atoms with Crippen LogP contribution in [0.5, 0.6) is 0 Å². The molecule has 0 aromatic heterocycles. The Balaban J connectivity index is 1.72. The van der Waals surface area contributed by atoms with Crippen LogP contribution in [-0.2, 0) is 22.6 Å². The van der Waals surface area contributed by atoms with Gasteiger partial charge in [-0.2, -0.15) is 0 Å². The summed E-state index contributed by atoms with van der Waals surface area (Å²) < 4.78 is 5.50. The highest BCUT2D eigenvalue weighted by atomic mass is 31.1. The zero-order valence-corrected chi connectivity index (χ0v) is 19.5. The van der Waals surface area contributed by atoms with Crippen molar-refractivity contribution < 1.29 is 9.53 Å². The number of carbonyl (C=O) groups is 1. The van der Waals surface area contributed by atoms with Crippen molar-refractivity contribution in [3.05, 3.63) is 114 Å². The first-order valence-electron chi connectivity index (χ1n) is 11.2. The van der Waals surface area contributed by atoms with E-state index in [1.807, 2.05) is 0 Å². The molecule has 164 valence electrons. The number of hydrogen-bond donors (Lipinski definition) is 0. The SMILES string of the molecule is CC(=O)OCc1cccc(P(c2ccccc2)c2ccccc2)c1N1CCc2ccccc21. The molecule has 0 unspecified atom stereocenters. The molecule has 1 aliphatic rings. The average molecular weight is 452 g/mol. The molecule has 0 aliphatic carbocycles. The van der Waals surface area contributed by atoms with Gasteiger partial charge in [-0.25, -0.2) is 0 Å². The van der Waals surface area contributed by atoms with Gasteiger partial charge in [0.05, 0.1) is 5.69 Å². The molecule has 4 aromatic rings. The number of rotatable bonds is 6. The maximum absolute atomic E-state index is 11.7. The second-order valence-corrected chi connectivity index (χ2v) is 10.3. The second-order valence-electron chi connectivity index (χ2n) is 8.10. The van der Waals surface area contributed by atoms with Gasteiger partial charge in [0, 0.05) is 30.0 Å². The number of fused-ring (bicyclic) bond motifs is 1. The van der Waals surface area contributed by atoms with Crippen LogP contribution in [0.3, 0.4) is 0 Å². The van der Waals surface area contributed by atoms with Gasteiger partial charge in [-0.05, 0) is 36.6 Å². The topological polar surface area (TPSA) is 29.5 Å². The van der Waals surface area contributed by atoms with Gasteiger partial charge in [-0.3, -0.25) is 4.79 Å². The lowest BCUT2D eigenvalue weighted by Gasteiger charge is -2.30. The van der Waals surface area contributed by atoms with Crippen LogP contribution in [-0.4, -0.2) is 12.5 Å². The Morgan fingerprint density at radius 3 is 2.12 bits per heavy atom. The van der Waals surface area contributed by atoms with Crippen molar-refractivity contribution >= 4 is 41.2 Å². The summed E-state index contributed by atoms with van der Waals surface area (Å²) in [5.74, 6) is -0.262. The number of para-hydroxylation sites is 2. The van der Waals surface area contributed by atoms with E-state index in [-0.39, 0.29) is 12.6 Å². The fraction of sp³-hybridized carbons (Fsp3) is 0.138. The van der Waals surface area contributed by atoms with Gasteiger partial charge >= 0.3 is 5.97 Å². The minimum atomic E-state index is -0.797. The maximum Gasteiger partial charge on any atom is 0.302 e. The van der Waals surface area contributed by atoms with Crippen LogP contribution >= 0.6 is 7.92 Å². The van der Waals surface area contributed by atoms with E-state index in [1.165, 1.54) is 39.8 Å². The smallest absolute Gasteiger partial charge is 0.302 e. The van der Waals surface area contributed by atoms with Crippen molar-refractivity contribution in [3.8, 4) is 0 Å². The van der Waals surface area contributed by atoms with Gasteiger partial charge in [0.1, 0.15) is 6.61 Å². The van der Waals surface area contributed by atoms with Crippen LogP contribution in [0.2, 0.25) is 0 Å². The maximum atomic E-state index is 11.7. The molecule has 0 saturated carbocycles. The molecule has 33 heavy (non-hydrogen) atoms. The van der Waals surface area contributed by atoms with E-state index < -0.39 is 7.92 Å². The van der Waals surface area contributed by atoms with Crippen molar-refractivity contribution in [3.63, 3.8) is 0 Å². The molecule has 4 aromatic carbocycles. The fourth-order valence-electron chi connectivity index (χ4n) is 4.52. The first kappa shape index (κ1) is 21.4. The quantitative estimate of drug-likeness (QED) is 0.298. The summed E-state index contributed by atoms with van der Waals surface area (Å²) in [7, 11) is -0.797. The molecule has 5 rings (SSSR count). The predicted molar refractivity (Wildman–Crippen MR) is 138 cm³/mol. The third kappa shape index (κ3) is 4.42. The molecule has 0 spiro atoms. The summed E-state index contributed by atoms with van der Waals surface area (Å²) >= 11 is 0. The largest absolute Gasteiger partial charge is 0.461 e. The van der Waals surface area contributed by atoms with Crippen LogP contribution in [0.1, 0.15) is 18.1 Å². The molecule has 0 bridgehead atoms. The third-order valence-corrected chi connectivity index (χ3v) is 8.43. The first-order valence-corrected chi connectivity index (χ1v) is 12.6. The van der Waals surface area contributed by atoms with Crippen molar-refractivity contribution in [2.45, 2.75) is 20.0 Å². The summed E-state index contributed by atoms with van der Waals surface area (Å²) in [6, 6.07) is 36.5. The average Bonchev–Trinajstić information content (AvgIpc) is 3.28. The molecule has 0 radical (unpaired) electrons. The summed E-state index contributed by atoms with van der Waals surface area (Å²) in [5.41, 5.74) is 4.81. The Bertz CT molecular complexity index is 1220. The molecule has 4 heteroatoms. The number of ether oxygens (including phenoxy) is 1. The summed E-state index contributed by atoms with van der Waals surface area (Å²) in [4.78, 5) is 14.1. The van der Waals surface area contributed by atoms with Gasteiger partial charge in [0.15, 0.2) is 0 Å². The highest BCUT2D eigenvalue weighted by molar-refractivity contribution is 7.80. The minimum Gasteiger partial charge on any atom is -0.461 e. The number of anilines is 2. The van der Waals surface area contributed by atoms with E-state index in [0.29, 0.717) is 0 Å². The normalized spacial score (nSPS) is 12.6. The van der Waals surface area contributed by atoms with Crippen LogP contribution in [0.25, 0.3) is 0 Å². The van der Waals surface area contributed by atoms with Gasteiger partial charge in [0.2, 0.25) is 0 Å². The van der Waals surface area contributed by atoms with Gasteiger partial charge < -0.3 is 9.64 Å². The lowest BCUT2D eigenvalue weighted by atomic mass is 10.1. The van der Waals surface area contributed by atoms with Crippen molar-refractivity contribution in [2.75, 3.05) is 11.4 Å². The molecule has 3 nitrogen and oxygen atoms in total. The molecule has 0 fully saturated rings. The summed E-state index contributed by atoms with van der Waals surface area (Å²) in [5, 5.41) is 3.89. The standard InChI is InChI=1S/C29H26NO2P/c1-22(31)32-21-24-12-10-18-28(29(24)30-20-19-23-11-8-9-17-27(23)30)33(25-13-4-2-5-14-25)26-15-6-3-7-16-26/h2-18H,19-21H2,1H3.